The van der Waals surface area contributed by atoms with Crippen LogP contribution in [-0.4, -0.2) is 21.6 Å². The van der Waals surface area contributed by atoms with Crippen LogP contribution in [0.2, 0.25) is 0 Å². The third-order valence-electron chi connectivity index (χ3n) is 1.88. The first kappa shape index (κ1) is 8.38. The fraction of sp³-hybridized carbons (Fsp3) is 0.714. The third-order valence-corrected chi connectivity index (χ3v) is 3.28. The Morgan fingerprint density at radius 1 is 1.67 bits per heavy atom. The molecule has 1 aromatic rings. The van der Waals surface area contributed by atoms with Crippen molar-refractivity contribution in [3.05, 3.63) is 11.7 Å². The van der Waals surface area contributed by atoms with Gasteiger partial charge in [0, 0.05) is 11.7 Å². The number of alkyl halides is 1. The van der Waals surface area contributed by atoms with Gasteiger partial charge in [0.1, 0.15) is 0 Å². The van der Waals surface area contributed by atoms with Crippen LogP contribution >= 0.6 is 23.4 Å². The lowest BCUT2D eigenvalue weighted by Crippen LogP contribution is -1.96. The monoisotopic (exact) mass is 204 g/mol. The topological polar surface area (TPSA) is 38.9 Å². The van der Waals surface area contributed by atoms with Crippen LogP contribution in [0.1, 0.15) is 24.1 Å². The number of halogens is 1. The predicted octanol–water partition coefficient (Wildman–Crippen LogP) is 2.03. The molecule has 0 spiro atoms. The van der Waals surface area contributed by atoms with Crippen molar-refractivity contribution in [3.8, 4) is 0 Å². The maximum atomic E-state index is 5.56. The third kappa shape index (κ3) is 1.59. The van der Waals surface area contributed by atoms with E-state index in [2.05, 4.69) is 10.1 Å². The van der Waals surface area contributed by atoms with E-state index in [4.69, 9.17) is 16.1 Å². The van der Waals surface area contributed by atoms with Crippen molar-refractivity contribution >= 4 is 23.4 Å². The molecule has 0 amide bonds. The van der Waals surface area contributed by atoms with Crippen molar-refractivity contribution in [2.45, 2.75) is 18.2 Å². The second kappa shape index (κ2) is 3.66. The Bertz CT molecular complexity index is 260. The highest BCUT2D eigenvalue weighted by molar-refractivity contribution is 7.99. The Morgan fingerprint density at radius 2 is 2.58 bits per heavy atom. The molecule has 1 saturated heterocycles. The Morgan fingerprint density at radius 3 is 3.17 bits per heavy atom. The number of nitrogens with zero attached hydrogens (tertiary/aromatic N) is 2. The molecule has 0 aliphatic carbocycles. The van der Waals surface area contributed by atoms with Gasteiger partial charge in [-0.2, -0.15) is 16.7 Å². The summed E-state index contributed by atoms with van der Waals surface area (Å²) in [5, 5.41) is 3.75. The Kier molecular flexibility index (Phi) is 2.56. The average molecular weight is 205 g/mol. The molecule has 1 aromatic heterocycles. The molecule has 1 fully saturated rings. The lowest BCUT2D eigenvalue weighted by molar-refractivity contribution is 0.357. The van der Waals surface area contributed by atoms with Gasteiger partial charge < -0.3 is 4.52 Å². The molecule has 2 heterocycles. The molecule has 0 saturated carbocycles. The molecule has 1 unspecified atom stereocenters. The molecular formula is C7H9ClN2OS. The molecule has 0 bridgehead atoms. The van der Waals surface area contributed by atoms with Gasteiger partial charge in [-0.15, -0.1) is 11.6 Å². The average Bonchev–Trinajstić information content (AvgIpc) is 2.75. The van der Waals surface area contributed by atoms with Gasteiger partial charge in [0.2, 0.25) is 5.89 Å². The van der Waals surface area contributed by atoms with E-state index in [1.165, 1.54) is 5.75 Å². The van der Waals surface area contributed by atoms with Gasteiger partial charge in [-0.1, -0.05) is 5.16 Å². The summed E-state index contributed by atoms with van der Waals surface area (Å²) >= 11 is 7.49. The molecule has 0 aromatic carbocycles. The zero-order valence-electron chi connectivity index (χ0n) is 6.49. The molecule has 1 aliphatic heterocycles. The zero-order chi connectivity index (χ0) is 8.39. The quantitative estimate of drug-likeness (QED) is 0.692. The molecule has 0 radical (unpaired) electrons. The van der Waals surface area contributed by atoms with E-state index in [0.29, 0.717) is 17.6 Å². The molecule has 1 atom stereocenters. The Hall–Kier alpha value is -0.220. The second-order valence-corrected chi connectivity index (χ2v) is 4.16. The molecule has 66 valence electrons. The number of hydrogen-bond donors (Lipinski definition) is 0. The van der Waals surface area contributed by atoms with Gasteiger partial charge in [0.25, 0.3) is 0 Å². The maximum absolute atomic E-state index is 5.56. The minimum Gasteiger partial charge on any atom is -0.339 e. The number of hydrogen-bond acceptors (Lipinski definition) is 4. The highest BCUT2D eigenvalue weighted by Crippen LogP contribution is 2.31. The van der Waals surface area contributed by atoms with Crippen molar-refractivity contribution in [1.29, 1.82) is 0 Å². The van der Waals surface area contributed by atoms with E-state index < -0.39 is 0 Å². The zero-order valence-corrected chi connectivity index (χ0v) is 8.07. The van der Waals surface area contributed by atoms with Gasteiger partial charge in [-0.25, -0.2) is 0 Å². The molecule has 1 aliphatic rings. The maximum Gasteiger partial charge on any atom is 0.230 e. The van der Waals surface area contributed by atoms with Gasteiger partial charge >= 0.3 is 0 Å². The minimum atomic E-state index is 0.337. The first-order chi connectivity index (χ1) is 5.90. The summed E-state index contributed by atoms with van der Waals surface area (Å²) in [6, 6.07) is 0. The van der Waals surface area contributed by atoms with Gasteiger partial charge in [0.05, 0.1) is 5.88 Å². The van der Waals surface area contributed by atoms with Crippen LogP contribution in [0, 0.1) is 0 Å². The van der Waals surface area contributed by atoms with Crippen molar-refractivity contribution in [3.63, 3.8) is 0 Å². The lowest BCUT2D eigenvalue weighted by atomic mass is 10.1. The van der Waals surface area contributed by atoms with Crippen LogP contribution in [0.15, 0.2) is 4.52 Å². The summed E-state index contributed by atoms with van der Waals surface area (Å²) in [6.07, 6.45) is 1.15. The molecular weight excluding hydrogens is 196 g/mol. The summed E-state index contributed by atoms with van der Waals surface area (Å²) in [7, 11) is 0. The Labute approximate surface area is 79.9 Å². The van der Waals surface area contributed by atoms with Gasteiger partial charge in [-0.3, -0.25) is 0 Å². The minimum absolute atomic E-state index is 0.337. The standard InChI is InChI=1S/C7H9ClN2OS/c8-3-6-9-7(11-10-6)5-1-2-12-4-5/h5H,1-4H2. The van der Waals surface area contributed by atoms with Crippen LogP contribution in [0.25, 0.3) is 0 Å². The van der Waals surface area contributed by atoms with Crippen LogP contribution in [0.3, 0.4) is 0 Å². The van der Waals surface area contributed by atoms with Gasteiger partial charge in [-0.05, 0) is 12.2 Å². The normalized spacial score (nSPS) is 23.2. The van der Waals surface area contributed by atoms with Crippen molar-refractivity contribution in [2.24, 2.45) is 0 Å². The van der Waals surface area contributed by atoms with E-state index in [1.807, 2.05) is 11.8 Å². The number of thioether (sulfide) groups is 1. The van der Waals surface area contributed by atoms with Crippen molar-refractivity contribution in [2.75, 3.05) is 11.5 Å². The molecule has 12 heavy (non-hydrogen) atoms. The smallest absolute Gasteiger partial charge is 0.230 e. The second-order valence-electron chi connectivity index (χ2n) is 2.74. The van der Waals surface area contributed by atoms with Gasteiger partial charge in [0.15, 0.2) is 5.82 Å². The van der Waals surface area contributed by atoms with Crippen molar-refractivity contribution < 1.29 is 4.52 Å². The SMILES string of the molecule is ClCc1noc(C2CCSC2)n1. The highest BCUT2D eigenvalue weighted by atomic mass is 35.5. The van der Waals surface area contributed by atoms with E-state index in [-0.39, 0.29) is 0 Å². The van der Waals surface area contributed by atoms with Crippen molar-refractivity contribution in [1.82, 2.24) is 10.1 Å². The van der Waals surface area contributed by atoms with Crippen LogP contribution in [-0.2, 0) is 5.88 Å². The fourth-order valence-electron chi connectivity index (χ4n) is 1.22. The molecule has 3 nitrogen and oxygen atoms in total. The summed E-state index contributed by atoms with van der Waals surface area (Å²) in [6.45, 7) is 0. The van der Waals surface area contributed by atoms with Crippen LogP contribution in [0.4, 0.5) is 0 Å². The first-order valence-corrected chi connectivity index (χ1v) is 5.55. The summed E-state index contributed by atoms with van der Waals surface area (Å²) in [5.74, 6) is 4.45. The predicted molar refractivity (Wildman–Crippen MR) is 48.5 cm³/mol. The highest BCUT2D eigenvalue weighted by Gasteiger charge is 2.22. The van der Waals surface area contributed by atoms with Crippen LogP contribution < -0.4 is 0 Å². The lowest BCUT2D eigenvalue weighted by Gasteiger charge is -1.97. The summed E-state index contributed by atoms with van der Waals surface area (Å²) < 4.78 is 5.08. The number of rotatable bonds is 2. The molecule has 0 N–H and O–H groups in total. The first-order valence-electron chi connectivity index (χ1n) is 3.86. The Balaban J connectivity index is 2.11. The van der Waals surface area contributed by atoms with E-state index in [1.54, 1.807) is 0 Å². The molecule has 2 rings (SSSR count). The van der Waals surface area contributed by atoms with E-state index in [0.717, 1.165) is 18.1 Å². The summed E-state index contributed by atoms with van der Waals surface area (Å²) in [5.41, 5.74) is 0. The van der Waals surface area contributed by atoms with E-state index >= 15 is 0 Å². The largest absolute Gasteiger partial charge is 0.339 e. The number of aromatic nitrogens is 2. The molecule has 5 heteroatoms. The van der Waals surface area contributed by atoms with E-state index in [9.17, 15) is 0 Å². The fourth-order valence-corrected chi connectivity index (χ4v) is 2.54. The van der Waals surface area contributed by atoms with Crippen LogP contribution in [0.5, 0.6) is 0 Å². The summed E-state index contributed by atoms with van der Waals surface area (Å²) in [4.78, 5) is 4.19.